The zero-order valence-corrected chi connectivity index (χ0v) is 16.7. The number of H-pyrrole nitrogens is 2. The fraction of sp³-hybridized carbons (Fsp3) is 0.238. The zero-order chi connectivity index (χ0) is 19.9. The van der Waals surface area contributed by atoms with Crippen LogP contribution in [0.3, 0.4) is 0 Å². The molecule has 1 aromatic carbocycles. The average Bonchev–Trinajstić information content (AvgIpc) is 3.17. The van der Waals surface area contributed by atoms with Crippen LogP contribution >= 0.6 is 11.3 Å². The van der Waals surface area contributed by atoms with Crippen molar-refractivity contribution in [2.24, 2.45) is 0 Å². The topological polar surface area (TPSA) is 78.2 Å². The first-order chi connectivity index (χ1) is 13.5. The lowest BCUT2D eigenvalue weighted by Gasteiger charge is -2.09. The zero-order valence-electron chi connectivity index (χ0n) is 15.9. The molecular weight excluding hydrogens is 374 g/mol. The highest BCUT2D eigenvalue weighted by atomic mass is 32.1. The Labute approximate surface area is 166 Å². The largest absolute Gasteiger partial charge is 0.375 e. The molecule has 3 aromatic rings. The second-order valence-electron chi connectivity index (χ2n) is 6.68. The summed E-state index contributed by atoms with van der Waals surface area (Å²) in [7, 11) is 4.01. The van der Waals surface area contributed by atoms with Crippen molar-refractivity contribution in [1.29, 1.82) is 0 Å². The number of aromatic nitrogens is 2. The molecule has 7 heteroatoms. The summed E-state index contributed by atoms with van der Waals surface area (Å²) < 4.78 is 5.62. The van der Waals surface area contributed by atoms with Gasteiger partial charge in [-0.25, -0.2) is 0 Å². The molecule has 0 aliphatic carbocycles. The summed E-state index contributed by atoms with van der Waals surface area (Å²) in [6.07, 6.45) is 3.32. The summed E-state index contributed by atoms with van der Waals surface area (Å²) in [4.78, 5) is 32.0. The summed E-state index contributed by atoms with van der Waals surface area (Å²) in [5.74, 6) is 0. The highest BCUT2D eigenvalue weighted by molar-refractivity contribution is 7.08. The number of thiophene rings is 1. The van der Waals surface area contributed by atoms with Crippen molar-refractivity contribution in [3.8, 4) is 0 Å². The van der Waals surface area contributed by atoms with E-state index >= 15 is 0 Å². The number of hydrogen-bond acceptors (Lipinski definition) is 5. The van der Waals surface area contributed by atoms with Gasteiger partial charge in [-0.05, 0) is 59.8 Å². The molecule has 0 unspecified atom stereocenters. The Balaban J connectivity index is 1.77. The van der Waals surface area contributed by atoms with Gasteiger partial charge in [0.1, 0.15) is 10.7 Å². The minimum Gasteiger partial charge on any atom is -0.375 e. The van der Waals surface area contributed by atoms with Gasteiger partial charge in [0.25, 0.3) is 11.1 Å². The van der Waals surface area contributed by atoms with E-state index in [-0.39, 0.29) is 21.8 Å². The van der Waals surface area contributed by atoms with Gasteiger partial charge in [-0.1, -0.05) is 24.3 Å². The van der Waals surface area contributed by atoms with Gasteiger partial charge in [-0.3, -0.25) is 9.59 Å². The van der Waals surface area contributed by atoms with Crippen LogP contribution in [0.2, 0.25) is 0 Å². The number of aromatic amines is 2. The van der Waals surface area contributed by atoms with E-state index in [4.69, 9.17) is 4.74 Å². The van der Waals surface area contributed by atoms with Gasteiger partial charge in [-0.15, -0.1) is 0 Å². The summed E-state index contributed by atoms with van der Waals surface area (Å²) in [6, 6.07) is 9.58. The van der Waals surface area contributed by atoms with Crippen LogP contribution in [0, 0.1) is 0 Å². The van der Waals surface area contributed by atoms with Crippen LogP contribution < -0.4 is 21.8 Å². The lowest BCUT2D eigenvalue weighted by atomic mass is 10.1. The quantitative estimate of drug-likeness (QED) is 0.580. The molecule has 0 fully saturated rings. The number of likely N-dealkylation sites (N-methyl/N-ethyl adjacent to an activating group) is 1. The molecule has 3 rings (SSSR count). The molecule has 0 bridgehead atoms. The van der Waals surface area contributed by atoms with Crippen molar-refractivity contribution in [2.45, 2.75) is 6.61 Å². The van der Waals surface area contributed by atoms with Gasteiger partial charge >= 0.3 is 0 Å². The van der Waals surface area contributed by atoms with Crippen LogP contribution in [0.4, 0.5) is 0 Å². The molecule has 0 aliphatic rings. The van der Waals surface area contributed by atoms with E-state index in [1.54, 1.807) is 12.2 Å². The normalized spacial score (nSPS) is 12.8. The Morgan fingerprint density at radius 3 is 2.18 bits per heavy atom. The van der Waals surface area contributed by atoms with E-state index in [9.17, 15) is 9.59 Å². The lowest BCUT2D eigenvalue weighted by molar-refractivity contribution is 0.105. The van der Waals surface area contributed by atoms with Crippen molar-refractivity contribution in [2.75, 3.05) is 27.2 Å². The van der Waals surface area contributed by atoms with Gasteiger partial charge < -0.3 is 19.6 Å². The predicted octanol–water partition coefficient (Wildman–Crippen LogP) is 0.861. The Morgan fingerprint density at radius 1 is 0.964 bits per heavy atom. The molecule has 0 aliphatic heterocycles. The third kappa shape index (κ3) is 5.63. The first kappa shape index (κ1) is 20.0. The summed E-state index contributed by atoms with van der Waals surface area (Å²) in [5, 5.41) is 4.29. The molecule has 2 heterocycles. The van der Waals surface area contributed by atoms with Crippen LogP contribution in [0.1, 0.15) is 16.7 Å². The summed E-state index contributed by atoms with van der Waals surface area (Å²) in [6.45, 7) is 2.09. The minimum absolute atomic E-state index is 0.224. The maximum Gasteiger partial charge on any atom is 0.272 e. The van der Waals surface area contributed by atoms with E-state index in [0.717, 1.165) is 23.2 Å². The maximum absolute atomic E-state index is 12.3. The van der Waals surface area contributed by atoms with Crippen LogP contribution in [-0.4, -0.2) is 42.1 Å². The summed E-state index contributed by atoms with van der Waals surface area (Å²) >= 11 is 1.53. The molecule has 0 spiro atoms. The summed E-state index contributed by atoms with van der Waals surface area (Å²) in [5.41, 5.74) is 2.10. The van der Waals surface area contributed by atoms with E-state index in [0.29, 0.717) is 13.2 Å². The lowest BCUT2D eigenvalue weighted by Crippen LogP contribution is -2.46. The fourth-order valence-corrected chi connectivity index (χ4v) is 3.15. The van der Waals surface area contributed by atoms with E-state index in [1.807, 2.05) is 55.2 Å². The molecule has 0 atom stereocenters. The molecule has 2 N–H and O–H groups in total. The first-order valence-electron chi connectivity index (χ1n) is 8.91. The number of hydrogen-bond donors (Lipinski definition) is 2. The third-order valence-electron chi connectivity index (χ3n) is 4.08. The highest BCUT2D eigenvalue weighted by Gasteiger charge is 1.99. The van der Waals surface area contributed by atoms with Crippen molar-refractivity contribution in [3.05, 3.63) is 89.2 Å². The van der Waals surface area contributed by atoms with Crippen LogP contribution in [0.25, 0.3) is 12.2 Å². The van der Waals surface area contributed by atoms with Gasteiger partial charge in [0, 0.05) is 6.54 Å². The van der Waals surface area contributed by atoms with Crippen LogP contribution in [0.5, 0.6) is 0 Å². The van der Waals surface area contributed by atoms with Crippen molar-refractivity contribution in [3.63, 3.8) is 0 Å². The number of nitrogens with one attached hydrogen (secondary N) is 2. The third-order valence-corrected chi connectivity index (χ3v) is 4.78. The molecular formula is C21H23N3O3S. The average molecular weight is 398 g/mol. The van der Waals surface area contributed by atoms with Gasteiger partial charge in [0.2, 0.25) is 0 Å². The molecule has 146 valence electrons. The molecule has 0 radical (unpaired) electrons. The molecule has 0 saturated carbocycles. The number of ether oxygens (including phenoxy) is 1. The smallest absolute Gasteiger partial charge is 0.272 e. The van der Waals surface area contributed by atoms with Crippen LogP contribution in [-0.2, 0) is 11.3 Å². The maximum atomic E-state index is 12.3. The van der Waals surface area contributed by atoms with Crippen molar-refractivity contribution in [1.82, 2.24) is 14.9 Å². The number of rotatable bonds is 7. The van der Waals surface area contributed by atoms with Gasteiger partial charge in [0.15, 0.2) is 0 Å². The molecule has 28 heavy (non-hydrogen) atoms. The molecule has 2 aromatic heterocycles. The Hall–Kier alpha value is -2.74. The Kier molecular flexibility index (Phi) is 6.76. The molecule has 0 saturated heterocycles. The second-order valence-corrected chi connectivity index (χ2v) is 7.46. The SMILES string of the molecule is CN(C)CCOCc1ccc(/C=c2\[nH]c(=O)/c(=C/c3ccsc3)[nH]c2=O)cc1. The Morgan fingerprint density at radius 2 is 1.61 bits per heavy atom. The first-order valence-corrected chi connectivity index (χ1v) is 9.85. The van der Waals surface area contributed by atoms with E-state index in [2.05, 4.69) is 14.9 Å². The number of benzene rings is 1. The van der Waals surface area contributed by atoms with E-state index in [1.165, 1.54) is 11.3 Å². The van der Waals surface area contributed by atoms with Gasteiger partial charge in [-0.2, -0.15) is 11.3 Å². The highest BCUT2D eigenvalue weighted by Crippen LogP contribution is 2.06. The number of nitrogens with zero attached hydrogens (tertiary/aromatic N) is 1. The molecule has 0 amide bonds. The van der Waals surface area contributed by atoms with Crippen LogP contribution in [0.15, 0.2) is 50.7 Å². The second kappa shape index (κ2) is 9.45. The van der Waals surface area contributed by atoms with Crippen molar-refractivity contribution >= 4 is 23.5 Å². The molecule has 6 nitrogen and oxygen atoms in total. The van der Waals surface area contributed by atoms with Gasteiger partial charge in [0.05, 0.1) is 13.2 Å². The predicted molar refractivity (Wildman–Crippen MR) is 113 cm³/mol. The van der Waals surface area contributed by atoms with E-state index < -0.39 is 0 Å². The fourth-order valence-electron chi connectivity index (χ4n) is 2.53. The Bertz CT molecular complexity index is 1130. The standard InChI is InChI=1S/C21H23N3O3S/c1-24(2)8-9-27-13-16-5-3-15(4-6-16)11-18-20(25)23-19(21(26)22-18)12-17-7-10-28-14-17/h3-7,10-12,14H,8-9,13H2,1-2H3,(H,22,26)(H,23,25)/b18-11-,19-12-. The minimum atomic E-state index is -0.336. The van der Waals surface area contributed by atoms with Crippen molar-refractivity contribution < 1.29 is 4.74 Å². The monoisotopic (exact) mass is 397 g/mol.